The minimum Gasteiger partial charge on any atom is -0.355 e. The van der Waals surface area contributed by atoms with Gasteiger partial charge in [-0.3, -0.25) is 9.59 Å². The van der Waals surface area contributed by atoms with E-state index in [1.54, 1.807) is 0 Å². The second kappa shape index (κ2) is 5.49. The Balaban J connectivity index is 1.92. The van der Waals surface area contributed by atoms with Gasteiger partial charge in [-0.15, -0.1) is 0 Å². The van der Waals surface area contributed by atoms with Gasteiger partial charge in [-0.05, 0) is 25.8 Å². The molecule has 5 nitrogen and oxygen atoms in total. The van der Waals surface area contributed by atoms with Gasteiger partial charge in [0.15, 0.2) is 0 Å². The number of rotatable bonds is 4. The van der Waals surface area contributed by atoms with Crippen LogP contribution in [0, 0.1) is 11.3 Å². The van der Waals surface area contributed by atoms with Crippen molar-refractivity contribution in [1.29, 1.82) is 0 Å². The molecule has 0 radical (unpaired) electrons. The van der Waals surface area contributed by atoms with Crippen molar-refractivity contribution in [2.75, 3.05) is 39.8 Å². The molecule has 0 unspecified atom stereocenters. The van der Waals surface area contributed by atoms with E-state index in [1.807, 2.05) is 4.90 Å². The van der Waals surface area contributed by atoms with E-state index >= 15 is 0 Å². The number of amides is 2. The highest BCUT2D eigenvalue weighted by atomic mass is 16.2. The van der Waals surface area contributed by atoms with Gasteiger partial charge in [-0.25, -0.2) is 0 Å². The number of likely N-dealkylation sites (N-methyl/N-ethyl adjacent to an activating group) is 1. The quantitative estimate of drug-likeness (QED) is 0.746. The average Bonchev–Trinajstić information content (AvgIpc) is 3.17. The lowest BCUT2D eigenvalue weighted by atomic mass is 10.0. The first-order valence-electron chi connectivity index (χ1n) is 7.22. The van der Waals surface area contributed by atoms with Crippen LogP contribution >= 0.6 is 0 Å². The summed E-state index contributed by atoms with van der Waals surface area (Å²) in [5.41, 5.74) is -0.731. The number of nitrogens with zero attached hydrogens (tertiary/aromatic N) is 2. The Morgan fingerprint density at radius 2 is 1.74 bits per heavy atom. The maximum Gasteiger partial charge on any atom is 0.238 e. The van der Waals surface area contributed by atoms with Gasteiger partial charge >= 0.3 is 0 Å². The van der Waals surface area contributed by atoms with Crippen LogP contribution in [-0.2, 0) is 9.59 Å². The van der Waals surface area contributed by atoms with Crippen LogP contribution in [0.5, 0.6) is 0 Å². The second-order valence-electron chi connectivity index (χ2n) is 6.28. The molecule has 2 rings (SSSR count). The maximum absolute atomic E-state index is 12.5. The fraction of sp³-hybridized carbons (Fsp3) is 0.857. The van der Waals surface area contributed by atoms with E-state index in [2.05, 4.69) is 31.1 Å². The van der Waals surface area contributed by atoms with E-state index in [0.29, 0.717) is 25.3 Å². The van der Waals surface area contributed by atoms with E-state index in [4.69, 9.17) is 0 Å². The fourth-order valence-corrected chi connectivity index (χ4v) is 2.44. The molecule has 1 heterocycles. The van der Waals surface area contributed by atoms with Crippen LogP contribution in [0.25, 0.3) is 0 Å². The minimum atomic E-state index is -0.731. The van der Waals surface area contributed by atoms with Crippen LogP contribution < -0.4 is 5.32 Å². The zero-order valence-corrected chi connectivity index (χ0v) is 12.2. The molecular formula is C14H25N3O2. The lowest BCUT2D eigenvalue weighted by Crippen LogP contribution is -2.52. The van der Waals surface area contributed by atoms with Crippen LogP contribution in [-0.4, -0.2) is 61.4 Å². The first kappa shape index (κ1) is 14.3. The molecule has 0 atom stereocenters. The summed E-state index contributed by atoms with van der Waals surface area (Å²) in [6.07, 6.45) is 1.42. The summed E-state index contributed by atoms with van der Waals surface area (Å²) >= 11 is 0. The molecule has 2 amide bonds. The lowest BCUT2D eigenvalue weighted by Gasteiger charge is -2.34. The van der Waals surface area contributed by atoms with Crippen molar-refractivity contribution in [3.63, 3.8) is 0 Å². The van der Waals surface area contributed by atoms with Gasteiger partial charge in [-0.1, -0.05) is 13.8 Å². The fourth-order valence-electron chi connectivity index (χ4n) is 2.44. The van der Waals surface area contributed by atoms with Crippen molar-refractivity contribution < 1.29 is 9.59 Å². The van der Waals surface area contributed by atoms with Crippen LogP contribution in [0.2, 0.25) is 0 Å². The summed E-state index contributed by atoms with van der Waals surface area (Å²) in [4.78, 5) is 28.8. The Morgan fingerprint density at radius 1 is 1.16 bits per heavy atom. The van der Waals surface area contributed by atoms with Crippen molar-refractivity contribution in [3.8, 4) is 0 Å². The molecule has 0 bridgehead atoms. The van der Waals surface area contributed by atoms with Gasteiger partial charge in [0.2, 0.25) is 11.8 Å². The third kappa shape index (κ3) is 3.08. The van der Waals surface area contributed by atoms with E-state index < -0.39 is 5.41 Å². The van der Waals surface area contributed by atoms with E-state index in [0.717, 1.165) is 26.2 Å². The third-order valence-electron chi connectivity index (χ3n) is 4.06. The van der Waals surface area contributed by atoms with Crippen LogP contribution in [0.3, 0.4) is 0 Å². The van der Waals surface area contributed by atoms with Crippen molar-refractivity contribution in [3.05, 3.63) is 0 Å². The molecule has 5 heteroatoms. The molecule has 1 N–H and O–H groups in total. The molecule has 0 aromatic heterocycles. The predicted octanol–water partition coefficient (Wildman–Crippen LogP) is 0.313. The Kier molecular flexibility index (Phi) is 4.13. The van der Waals surface area contributed by atoms with E-state index in [1.165, 1.54) is 0 Å². The molecule has 19 heavy (non-hydrogen) atoms. The lowest BCUT2D eigenvalue weighted by molar-refractivity contribution is -0.145. The Bertz CT molecular complexity index is 356. The Morgan fingerprint density at radius 3 is 2.21 bits per heavy atom. The summed E-state index contributed by atoms with van der Waals surface area (Å²) in [5.74, 6) is 0.394. The first-order chi connectivity index (χ1) is 8.95. The van der Waals surface area contributed by atoms with Gasteiger partial charge in [0.1, 0.15) is 5.41 Å². The zero-order valence-electron chi connectivity index (χ0n) is 12.2. The van der Waals surface area contributed by atoms with Crippen molar-refractivity contribution >= 4 is 11.8 Å². The molecular weight excluding hydrogens is 242 g/mol. The van der Waals surface area contributed by atoms with Crippen LogP contribution in [0.4, 0.5) is 0 Å². The highest BCUT2D eigenvalue weighted by Gasteiger charge is 2.57. The molecule has 1 saturated carbocycles. The first-order valence-corrected chi connectivity index (χ1v) is 7.22. The summed E-state index contributed by atoms with van der Waals surface area (Å²) < 4.78 is 0. The van der Waals surface area contributed by atoms with Gasteiger partial charge in [0.25, 0.3) is 0 Å². The van der Waals surface area contributed by atoms with Crippen LogP contribution in [0.15, 0.2) is 0 Å². The number of nitrogens with one attached hydrogen (secondary N) is 1. The minimum absolute atomic E-state index is 0.0434. The number of piperazine rings is 1. The van der Waals surface area contributed by atoms with E-state index in [-0.39, 0.29) is 11.8 Å². The van der Waals surface area contributed by atoms with Crippen molar-refractivity contribution in [2.24, 2.45) is 11.3 Å². The molecule has 0 aromatic rings. The predicted molar refractivity (Wildman–Crippen MR) is 73.6 cm³/mol. The molecule has 108 valence electrons. The Labute approximate surface area is 115 Å². The largest absolute Gasteiger partial charge is 0.355 e. The van der Waals surface area contributed by atoms with Gasteiger partial charge in [0.05, 0.1) is 0 Å². The average molecular weight is 267 g/mol. The summed E-state index contributed by atoms with van der Waals surface area (Å²) in [5, 5.41) is 2.92. The molecule has 1 aliphatic carbocycles. The van der Waals surface area contributed by atoms with Gasteiger partial charge < -0.3 is 15.1 Å². The smallest absolute Gasteiger partial charge is 0.238 e. The number of carbonyl (C=O) groups excluding carboxylic acids is 2. The normalized spacial score (nSPS) is 22.4. The molecule has 0 spiro atoms. The monoisotopic (exact) mass is 267 g/mol. The molecule has 2 aliphatic rings. The number of carbonyl (C=O) groups is 2. The maximum atomic E-state index is 12.5. The molecule has 0 aromatic carbocycles. The molecule has 2 fully saturated rings. The SMILES string of the molecule is CC(C)CNC(=O)C1(C(=O)N2CCN(C)CC2)CC1. The molecule has 1 aliphatic heterocycles. The third-order valence-corrected chi connectivity index (χ3v) is 4.06. The summed E-state index contributed by atoms with van der Waals surface area (Å²) in [6.45, 7) is 8.05. The highest BCUT2D eigenvalue weighted by molar-refractivity contribution is 6.07. The van der Waals surface area contributed by atoms with Crippen LogP contribution in [0.1, 0.15) is 26.7 Å². The van der Waals surface area contributed by atoms with Crippen molar-refractivity contribution in [2.45, 2.75) is 26.7 Å². The van der Waals surface area contributed by atoms with E-state index in [9.17, 15) is 9.59 Å². The summed E-state index contributed by atoms with van der Waals surface area (Å²) in [7, 11) is 2.06. The topological polar surface area (TPSA) is 52.7 Å². The highest BCUT2D eigenvalue weighted by Crippen LogP contribution is 2.47. The summed E-state index contributed by atoms with van der Waals surface area (Å²) in [6, 6.07) is 0. The second-order valence-corrected chi connectivity index (χ2v) is 6.28. The Hall–Kier alpha value is -1.10. The van der Waals surface area contributed by atoms with Gasteiger partial charge in [-0.2, -0.15) is 0 Å². The standard InChI is InChI=1S/C14H25N3O2/c1-11(2)10-15-12(18)14(4-5-14)13(19)17-8-6-16(3)7-9-17/h11H,4-10H2,1-3H3,(H,15,18). The van der Waals surface area contributed by atoms with Gasteiger partial charge in [0, 0.05) is 32.7 Å². The number of hydrogen-bond donors (Lipinski definition) is 1. The zero-order chi connectivity index (χ0) is 14.0. The van der Waals surface area contributed by atoms with Crippen molar-refractivity contribution in [1.82, 2.24) is 15.1 Å². The molecule has 1 saturated heterocycles. The number of hydrogen-bond acceptors (Lipinski definition) is 3.